The molecule has 0 amide bonds. The van der Waals surface area contributed by atoms with Crippen LogP contribution in [0, 0.1) is 11.3 Å². The van der Waals surface area contributed by atoms with Crippen molar-refractivity contribution in [2.75, 3.05) is 12.4 Å². The van der Waals surface area contributed by atoms with Gasteiger partial charge in [0.2, 0.25) is 0 Å². The maximum absolute atomic E-state index is 9.20. The zero-order valence-electron chi connectivity index (χ0n) is 10.9. The molecule has 0 saturated carbocycles. The van der Waals surface area contributed by atoms with Crippen molar-refractivity contribution in [3.63, 3.8) is 0 Å². The molecular weight excluding hydrogens is 272 g/mol. The highest BCUT2D eigenvalue weighted by atomic mass is 35.5. The molecule has 2 aromatic rings. The molecule has 0 unspecified atom stereocenters. The third-order valence-electron chi connectivity index (χ3n) is 2.75. The average molecular weight is 285 g/mol. The number of anilines is 1. The minimum atomic E-state index is 0.539. The van der Waals surface area contributed by atoms with Gasteiger partial charge in [-0.15, -0.1) is 0 Å². The van der Waals surface area contributed by atoms with E-state index in [0.717, 1.165) is 17.0 Å². The number of rotatable bonds is 4. The lowest BCUT2D eigenvalue weighted by atomic mass is 10.1. The Kier molecular flexibility index (Phi) is 4.65. The second-order valence-corrected chi connectivity index (χ2v) is 4.49. The fourth-order valence-corrected chi connectivity index (χ4v) is 1.78. The normalized spacial score (nSPS) is 10.8. The zero-order valence-corrected chi connectivity index (χ0v) is 11.7. The largest absolute Gasteiger partial charge is 0.497 e. The van der Waals surface area contributed by atoms with Gasteiger partial charge in [-0.05, 0) is 42.0 Å². The number of nitrogens with one attached hydrogen (secondary N) is 1. The number of halogens is 1. The molecule has 2 aromatic carbocycles. The molecule has 0 fully saturated rings. The van der Waals surface area contributed by atoms with Crippen LogP contribution in [0.4, 0.5) is 5.69 Å². The molecule has 0 atom stereocenters. The van der Waals surface area contributed by atoms with Gasteiger partial charge in [-0.1, -0.05) is 23.7 Å². The van der Waals surface area contributed by atoms with Crippen LogP contribution in [0.3, 0.4) is 0 Å². The number of nitriles is 1. The van der Waals surface area contributed by atoms with Gasteiger partial charge < -0.3 is 10.1 Å². The number of hydrogen-bond acceptors (Lipinski definition) is 3. The zero-order chi connectivity index (χ0) is 14.4. The van der Waals surface area contributed by atoms with E-state index in [2.05, 4.69) is 11.4 Å². The van der Waals surface area contributed by atoms with Gasteiger partial charge in [-0.3, -0.25) is 0 Å². The van der Waals surface area contributed by atoms with E-state index in [1.54, 1.807) is 25.4 Å². The fourth-order valence-electron chi connectivity index (χ4n) is 1.65. The first-order valence-corrected chi connectivity index (χ1v) is 6.37. The van der Waals surface area contributed by atoms with E-state index >= 15 is 0 Å². The molecule has 1 N–H and O–H groups in total. The maximum atomic E-state index is 9.20. The van der Waals surface area contributed by atoms with Crippen molar-refractivity contribution in [3.05, 3.63) is 65.3 Å². The van der Waals surface area contributed by atoms with Gasteiger partial charge in [0.05, 0.1) is 12.7 Å². The Bertz CT molecular complexity index is 640. The lowest BCUT2D eigenvalue weighted by Gasteiger charge is -2.04. The van der Waals surface area contributed by atoms with E-state index in [1.807, 2.05) is 36.4 Å². The van der Waals surface area contributed by atoms with Gasteiger partial charge in [0.25, 0.3) is 0 Å². The average Bonchev–Trinajstić information content (AvgIpc) is 2.50. The molecule has 0 aliphatic heterocycles. The highest BCUT2D eigenvalue weighted by molar-refractivity contribution is 6.30. The van der Waals surface area contributed by atoms with Gasteiger partial charge in [0.1, 0.15) is 11.8 Å². The monoisotopic (exact) mass is 284 g/mol. The summed E-state index contributed by atoms with van der Waals surface area (Å²) < 4.78 is 5.09. The SMILES string of the molecule is COc1ccc(N/C=C(\C#N)c2ccc(Cl)cc2)cc1. The van der Waals surface area contributed by atoms with Gasteiger partial charge >= 0.3 is 0 Å². The Balaban J connectivity index is 2.15. The molecular formula is C16H13ClN2O. The molecule has 0 aliphatic carbocycles. The van der Waals surface area contributed by atoms with E-state index in [4.69, 9.17) is 16.3 Å². The van der Waals surface area contributed by atoms with Crippen LogP contribution in [0.2, 0.25) is 5.02 Å². The van der Waals surface area contributed by atoms with Crippen molar-refractivity contribution in [2.24, 2.45) is 0 Å². The summed E-state index contributed by atoms with van der Waals surface area (Å²) in [4.78, 5) is 0. The predicted molar refractivity (Wildman–Crippen MR) is 81.7 cm³/mol. The number of benzene rings is 2. The summed E-state index contributed by atoms with van der Waals surface area (Å²) in [6.45, 7) is 0. The first-order valence-electron chi connectivity index (χ1n) is 6.00. The molecule has 0 aliphatic rings. The molecule has 0 heterocycles. The first-order chi connectivity index (χ1) is 9.72. The number of nitrogens with zero attached hydrogens (tertiary/aromatic N) is 1. The highest BCUT2D eigenvalue weighted by Gasteiger charge is 2.00. The van der Waals surface area contributed by atoms with Crippen LogP contribution in [0.1, 0.15) is 5.56 Å². The fraction of sp³-hybridized carbons (Fsp3) is 0.0625. The quantitative estimate of drug-likeness (QED) is 0.850. The predicted octanol–water partition coefficient (Wildman–Crippen LogP) is 4.33. The Morgan fingerprint density at radius 2 is 1.80 bits per heavy atom. The molecule has 0 aromatic heterocycles. The van der Waals surface area contributed by atoms with E-state index < -0.39 is 0 Å². The van der Waals surface area contributed by atoms with Gasteiger partial charge in [-0.25, -0.2) is 0 Å². The Morgan fingerprint density at radius 3 is 2.35 bits per heavy atom. The van der Waals surface area contributed by atoms with Crippen LogP contribution < -0.4 is 10.1 Å². The summed E-state index contributed by atoms with van der Waals surface area (Å²) in [7, 11) is 1.62. The smallest absolute Gasteiger partial charge is 0.119 e. The molecule has 0 spiro atoms. The molecule has 0 bridgehead atoms. The lowest BCUT2D eigenvalue weighted by Crippen LogP contribution is -1.91. The first kappa shape index (κ1) is 14.0. The summed E-state index contributed by atoms with van der Waals surface area (Å²) in [6.07, 6.45) is 1.67. The minimum Gasteiger partial charge on any atom is -0.497 e. The summed E-state index contributed by atoms with van der Waals surface area (Å²) in [5, 5.41) is 12.9. The van der Waals surface area contributed by atoms with E-state index in [9.17, 15) is 5.26 Å². The van der Waals surface area contributed by atoms with Gasteiger partial charge in [0.15, 0.2) is 0 Å². The summed E-state index contributed by atoms with van der Waals surface area (Å²) in [6, 6.07) is 16.8. The van der Waals surface area contributed by atoms with Crippen molar-refractivity contribution in [2.45, 2.75) is 0 Å². The van der Waals surface area contributed by atoms with Crippen LogP contribution >= 0.6 is 11.6 Å². The lowest BCUT2D eigenvalue weighted by molar-refractivity contribution is 0.415. The maximum Gasteiger partial charge on any atom is 0.119 e. The standard InChI is InChI=1S/C16H13ClN2O/c1-20-16-8-6-15(7-9-16)19-11-13(10-18)12-2-4-14(17)5-3-12/h2-9,11,19H,1H3/b13-11+. The summed E-state index contributed by atoms with van der Waals surface area (Å²) >= 11 is 5.83. The molecule has 2 rings (SSSR count). The third kappa shape index (κ3) is 3.53. The molecule has 0 saturated heterocycles. The highest BCUT2D eigenvalue weighted by Crippen LogP contribution is 2.19. The molecule has 3 nitrogen and oxygen atoms in total. The van der Waals surface area contributed by atoms with Crippen molar-refractivity contribution in [1.29, 1.82) is 5.26 Å². The van der Waals surface area contributed by atoms with E-state index in [0.29, 0.717) is 10.6 Å². The van der Waals surface area contributed by atoms with E-state index in [1.165, 1.54) is 0 Å². The van der Waals surface area contributed by atoms with Crippen LogP contribution in [-0.4, -0.2) is 7.11 Å². The number of methoxy groups -OCH3 is 1. The second-order valence-electron chi connectivity index (χ2n) is 4.05. The van der Waals surface area contributed by atoms with E-state index in [-0.39, 0.29) is 0 Å². The minimum absolute atomic E-state index is 0.539. The van der Waals surface area contributed by atoms with Crippen LogP contribution in [0.5, 0.6) is 5.75 Å². The molecule has 4 heteroatoms. The van der Waals surface area contributed by atoms with Crippen LogP contribution in [-0.2, 0) is 0 Å². The Hall–Kier alpha value is -2.44. The topological polar surface area (TPSA) is 45.0 Å². The van der Waals surface area contributed by atoms with Crippen molar-refractivity contribution < 1.29 is 4.74 Å². The van der Waals surface area contributed by atoms with Crippen LogP contribution in [0.25, 0.3) is 5.57 Å². The number of hydrogen-bond donors (Lipinski definition) is 1. The Labute approximate surface area is 123 Å². The van der Waals surface area contributed by atoms with Crippen molar-refractivity contribution >= 4 is 22.9 Å². The second kappa shape index (κ2) is 6.65. The molecule has 0 radical (unpaired) electrons. The Morgan fingerprint density at radius 1 is 1.15 bits per heavy atom. The number of allylic oxidation sites excluding steroid dienone is 1. The van der Waals surface area contributed by atoms with Crippen LogP contribution in [0.15, 0.2) is 54.7 Å². The van der Waals surface area contributed by atoms with Crippen molar-refractivity contribution in [3.8, 4) is 11.8 Å². The molecule has 20 heavy (non-hydrogen) atoms. The third-order valence-corrected chi connectivity index (χ3v) is 3.00. The summed E-state index contributed by atoms with van der Waals surface area (Å²) in [5.41, 5.74) is 2.24. The summed E-state index contributed by atoms with van der Waals surface area (Å²) in [5.74, 6) is 0.790. The molecule has 100 valence electrons. The van der Waals surface area contributed by atoms with Gasteiger partial charge in [0, 0.05) is 16.9 Å². The van der Waals surface area contributed by atoms with Gasteiger partial charge in [-0.2, -0.15) is 5.26 Å². The van der Waals surface area contributed by atoms with Crippen molar-refractivity contribution in [1.82, 2.24) is 0 Å². The number of ether oxygens (including phenoxy) is 1.